The van der Waals surface area contributed by atoms with Crippen LogP contribution in [0.3, 0.4) is 0 Å². The lowest BCUT2D eigenvalue weighted by Crippen LogP contribution is -2.39. The monoisotopic (exact) mass is 331 g/mol. The van der Waals surface area contributed by atoms with Crippen molar-refractivity contribution in [1.82, 2.24) is 10.6 Å². The number of ether oxygens (including phenoxy) is 1. The molecule has 2 N–H and O–H groups in total. The summed E-state index contributed by atoms with van der Waals surface area (Å²) in [6, 6.07) is 7.80. The first kappa shape index (κ1) is 19.1. The van der Waals surface area contributed by atoms with Crippen molar-refractivity contribution < 1.29 is 17.9 Å². The normalized spacial score (nSPS) is 12.1. The second-order valence-corrected chi connectivity index (χ2v) is 5.01. The lowest BCUT2D eigenvalue weighted by atomic mass is 10.1. The van der Waals surface area contributed by atoms with Gasteiger partial charge in [0.05, 0.1) is 13.5 Å². The highest BCUT2D eigenvalue weighted by Gasteiger charge is 2.26. The maximum atomic E-state index is 12.1. The molecule has 0 saturated heterocycles. The molecule has 0 spiro atoms. The first-order valence-electron chi connectivity index (χ1n) is 7.66. The standard InChI is InChI=1S/C16H24F3N3O/c1-3-20-15(22-11-9-16(17,18)19)21-10-5-7-13-6-4-8-14(12-13)23-2/h4,6,8,12H,3,5,7,9-11H2,1-2H3,(H2,20,21,22). The summed E-state index contributed by atoms with van der Waals surface area (Å²) in [4.78, 5) is 4.29. The summed E-state index contributed by atoms with van der Waals surface area (Å²) in [5.41, 5.74) is 1.15. The zero-order chi connectivity index (χ0) is 17.1. The van der Waals surface area contributed by atoms with Crippen LogP contribution in [0.2, 0.25) is 0 Å². The maximum absolute atomic E-state index is 12.1. The number of hydrogen-bond acceptors (Lipinski definition) is 2. The van der Waals surface area contributed by atoms with E-state index in [1.54, 1.807) is 7.11 Å². The van der Waals surface area contributed by atoms with Crippen LogP contribution in [0.4, 0.5) is 13.2 Å². The predicted molar refractivity (Wildman–Crippen MR) is 86.0 cm³/mol. The van der Waals surface area contributed by atoms with Crippen molar-refractivity contribution in [2.45, 2.75) is 32.4 Å². The van der Waals surface area contributed by atoms with Crippen molar-refractivity contribution in [2.75, 3.05) is 26.7 Å². The molecule has 0 bridgehead atoms. The van der Waals surface area contributed by atoms with Crippen LogP contribution in [0.5, 0.6) is 5.75 Å². The second-order valence-electron chi connectivity index (χ2n) is 5.01. The Morgan fingerprint density at radius 1 is 1.26 bits per heavy atom. The van der Waals surface area contributed by atoms with E-state index >= 15 is 0 Å². The summed E-state index contributed by atoms with van der Waals surface area (Å²) in [5.74, 6) is 1.23. The Balaban J connectivity index is 2.38. The van der Waals surface area contributed by atoms with E-state index < -0.39 is 12.6 Å². The van der Waals surface area contributed by atoms with Crippen molar-refractivity contribution in [2.24, 2.45) is 4.99 Å². The fourth-order valence-electron chi connectivity index (χ4n) is 1.97. The molecule has 0 fully saturated rings. The van der Waals surface area contributed by atoms with Crippen molar-refractivity contribution in [3.63, 3.8) is 0 Å². The van der Waals surface area contributed by atoms with Gasteiger partial charge in [0.15, 0.2) is 5.96 Å². The second kappa shape index (κ2) is 9.97. The van der Waals surface area contributed by atoms with E-state index in [1.165, 1.54) is 0 Å². The van der Waals surface area contributed by atoms with E-state index in [0.29, 0.717) is 19.0 Å². The van der Waals surface area contributed by atoms with Gasteiger partial charge in [0.1, 0.15) is 5.75 Å². The molecule has 0 saturated carbocycles. The van der Waals surface area contributed by atoms with E-state index in [9.17, 15) is 13.2 Å². The molecule has 1 aromatic rings. The van der Waals surface area contributed by atoms with Crippen LogP contribution < -0.4 is 15.4 Å². The highest BCUT2D eigenvalue weighted by atomic mass is 19.4. The number of rotatable bonds is 8. The summed E-state index contributed by atoms with van der Waals surface area (Å²) >= 11 is 0. The van der Waals surface area contributed by atoms with Gasteiger partial charge in [-0.15, -0.1) is 0 Å². The maximum Gasteiger partial charge on any atom is 0.390 e. The molecule has 0 aliphatic carbocycles. The molecule has 0 aliphatic heterocycles. The Labute approximate surface area is 135 Å². The third kappa shape index (κ3) is 8.95. The third-order valence-electron chi connectivity index (χ3n) is 3.07. The average molecular weight is 331 g/mol. The molecule has 4 nitrogen and oxygen atoms in total. The number of halogens is 3. The van der Waals surface area contributed by atoms with Gasteiger partial charge in [-0.1, -0.05) is 12.1 Å². The number of guanidine groups is 1. The zero-order valence-corrected chi connectivity index (χ0v) is 13.5. The summed E-state index contributed by atoms with van der Waals surface area (Å²) in [6.07, 6.45) is -3.39. The van der Waals surface area contributed by atoms with Crippen molar-refractivity contribution in [3.05, 3.63) is 29.8 Å². The fourth-order valence-corrected chi connectivity index (χ4v) is 1.97. The largest absolute Gasteiger partial charge is 0.497 e. The lowest BCUT2D eigenvalue weighted by molar-refractivity contribution is -0.132. The highest BCUT2D eigenvalue weighted by Crippen LogP contribution is 2.18. The molecule has 7 heteroatoms. The molecule has 23 heavy (non-hydrogen) atoms. The van der Waals surface area contributed by atoms with Crippen molar-refractivity contribution in [1.29, 1.82) is 0 Å². The van der Waals surface area contributed by atoms with Gasteiger partial charge in [-0.2, -0.15) is 13.2 Å². The van der Waals surface area contributed by atoms with E-state index in [2.05, 4.69) is 15.6 Å². The van der Waals surface area contributed by atoms with Crippen LogP contribution in [0.25, 0.3) is 0 Å². The molecule has 1 rings (SSSR count). The minimum absolute atomic E-state index is 0.175. The van der Waals surface area contributed by atoms with E-state index in [1.807, 2.05) is 31.2 Å². The molecular formula is C16H24F3N3O. The Morgan fingerprint density at radius 3 is 2.70 bits per heavy atom. The van der Waals surface area contributed by atoms with Gasteiger partial charge in [-0.25, -0.2) is 0 Å². The van der Waals surface area contributed by atoms with Crippen LogP contribution in [0, 0.1) is 0 Å². The van der Waals surface area contributed by atoms with Crippen molar-refractivity contribution in [3.8, 4) is 5.75 Å². The van der Waals surface area contributed by atoms with E-state index in [-0.39, 0.29) is 6.54 Å². The Kier molecular flexibility index (Phi) is 8.29. The molecule has 0 aliphatic rings. The summed E-state index contributed by atoms with van der Waals surface area (Å²) < 4.78 is 41.6. The first-order valence-corrected chi connectivity index (χ1v) is 7.66. The summed E-state index contributed by atoms with van der Waals surface area (Å²) in [5, 5.41) is 5.63. The van der Waals surface area contributed by atoms with Crippen LogP contribution in [-0.2, 0) is 6.42 Å². The average Bonchev–Trinajstić information content (AvgIpc) is 2.50. The number of aryl methyl sites for hydroxylation is 1. The molecule has 0 atom stereocenters. The number of methoxy groups -OCH3 is 1. The molecular weight excluding hydrogens is 307 g/mol. The number of benzene rings is 1. The quantitative estimate of drug-likeness (QED) is 0.437. The Bertz CT molecular complexity index is 490. The molecule has 130 valence electrons. The number of aliphatic imine (C=N–C) groups is 1. The third-order valence-corrected chi connectivity index (χ3v) is 3.07. The van der Waals surface area contributed by atoms with Gasteiger partial charge in [-0.05, 0) is 37.5 Å². The van der Waals surface area contributed by atoms with Gasteiger partial charge >= 0.3 is 6.18 Å². The molecule has 1 aromatic carbocycles. The zero-order valence-electron chi connectivity index (χ0n) is 13.5. The smallest absolute Gasteiger partial charge is 0.390 e. The van der Waals surface area contributed by atoms with Gasteiger partial charge in [-0.3, -0.25) is 4.99 Å². The van der Waals surface area contributed by atoms with Crippen LogP contribution in [0.15, 0.2) is 29.3 Å². The van der Waals surface area contributed by atoms with Crippen LogP contribution in [0.1, 0.15) is 25.3 Å². The van der Waals surface area contributed by atoms with Gasteiger partial charge in [0.25, 0.3) is 0 Å². The minimum Gasteiger partial charge on any atom is -0.497 e. The fraction of sp³-hybridized carbons (Fsp3) is 0.562. The van der Waals surface area contributed by atoms with Crippen molar-refractivity contribution >= 4 is 5.96 Å². The Morgan fingerprint density at radius 2 is 2.04 bits per heavy atom. The van der Waals surface area contributed by atoms with Gasteiger partial charge in [0.2, 0.25) is 0 Å². The summed E-state index contributed by atoms with van der Waals surface area (Å²) in [7, 11) is 1.62. The number of hydrogen-bond donors (Lipinski definition) is 2. The molecule has 0 heterocycles. The molecule has 0 radical (unpaired) electrons. The SMILES string of the molecule is CCNC(=NCCCc1cccc(OC)c1)NCCC(F)(F)F. The number of nitrogens with zero attached hydrogens (tertiary/aromatic N) is 1. The predicted octanol–water partition coefficient (Wildman–Crippen LogP) is 3.14. The Hall–Kier alpha value is -1.92. The molecule has 0 amide bonds. The van der Waals surface area contributed by atoms with Crippen LogP contribution in [-0.4, -0.2) is 38.9 Å². The summed E-state index contributed by atoms with van der Waals surface area (Å²) in [6.45, 7) is 2.84. The van der Waals surface area contributed by atoms with E-state index in [0.717, 1.165) is 24.2 Å². The minimum atomic E-state index is -4.16. The molecule has 0 aromatic heterocycles. The van der Waals surface area contributed by atoms with Gasteiger partial charge < -0.3 is 15.4 Å². The topological polar surface area (TPSA) is 45.7 Å². The first-order chi connectivity index (χ1) is 10.9. The lowest BCUT2D eigenvalue weighted by Gasteiger charge is -2.12. The number of alkyl halides is 3. The van der Waals surface area contributed by atoms with E-state index in [4.69, 9.17) is 4.74 Å². The molecule has 0 unspecified atom stereocenters. The van der Waals surface area contributed by atoms with Gasteiger partial charge in [0, 0.05) is 19.6 Å². The highest BCUT2D eigenvalue weighted by molar-refractivity contribution is 5.79. The number of nitrogens with one attached hydrogen (secondary N) is 2. The van der Waals surface area contributed by atoms with Crippen LogP contribution >= 0.6 is 0 Å².